The Balaban J connectivity index is 0.000000142. The third-order valence-electron chi connectivity index (χ3n) is 4.76. The molecule has 0 spiro atoms. The maximum Gasteiger partial charge on any atom is 0.115 e. The Morgan fingerprint density at radius 3 is 1.75 bits per heavy atom. The Kier molecular flexibility index (Phi) is 7.61. The van der Waals surface area contributed by atoms with Crippen LogP contribution >= 0.6 is 0 Å². The number of aliphatic hydroxyl groups is 1. The molecule has 2 aromatic rings. The van der Waals surface area contributed by atoms with Gasteiger partial charge in [0.1, 0.15) is 5.76 Å². The molecule has 1 N–H and O–H groups in total. The second kappa shape index (κ2) is 9.97. The first-order valence-corrected chi connectivity index (χ1v) is 9.16. The van der Waals surface area contributed by atoms with Crippen LogP contribution in [0.1, 0.15) is 67.6 Å². The highest BCUT2D eigenvalue weighted by Gasteiger charge is 2.18. The molecular weight excluding hydrogens is 292 g/mol. The number of hydrogen-bond acceptors (Lipinski definition) is 1. The fraction of sp³-hybridized carbons (Fsp3) is 0.391. The Morgan fingerprint density at radius 1 is 0.833 bits per heavy atom. The van der Waals surface area contributed by atoms with Crippen molar-refractivity contribution in [2.45, 2.75) is 57.8 Å². The van der Waals surface area contributed by atoms with Gasteiger partial charge in [-0.2, -0.15) is 0 Å². The zero-order valence-corrected chi connectivity index (χ0v) is 14.9. The monoisotopic (exact) mass is 322 g/mol. The van der Waals surface area contributed by atoms with Gasteiger partial charge in [-0.05, 0) is 31.2 Å². The molecule has 0 saturated heterocycles. The predicted molar refractivity (Wildman–Crippen MR) is 104 cm³/mol. The lowest BCUT2D eigenvalue weighted by atomic mass is 9.80. The molecule has 2 aliphatic carbocycles. The van der Waals surface area contributed by atoms with Crippen molar-refractivity contribution in [3.05, 3.63) is 77.9 Å². The SMILES string of the molecule is C1CCC1.C=C(O)c1ccc(C)cc1.c1ccc(C2CCC2)cc1. The first-order valence-electron chi connectivity index (χ1n) is 9.16. The van der Waals surface area contributed by atoms with Crippen molar-refractivity contribution in [3.63, 3.8) is 0 Å². The van der Waals surface area contributed by atoms with Crippen molar-refractivity contribution in [1.29, 1.82) is 0 Å². The van der Waals surface area contributed by atoms with Gasteiger partial charge in [-0.15, -0.1) is 0 Å². The Labute approximate surface area is 147 Å². The first-order chi connectivity index (χ1) is 11.7. The van der Waals surface area contributed by atoms with Gasteiger partial charge in [0.15, 0.2) is 0 Å². The third kappa shape index (κ3) is 6.23. The summed E-state index contributed by atoms with van der Waals surface area (Å²) in [6.07, 6.45) is 10.2. The molecule has 0 atom stereocenters. The summed E-state index contributed by atoms with van der Waals surface area (Å²) in [6, 6.07) is 18.4. The summed E-state index contributed by atoms with van der Waals surface area (Å²) in [5, 5.41) is 8.92. The summed E-state index contributed by atoms with van der Waals surface area (Å²) in [7, 11) is 0. The summed E-state index contributed by atoms with van der Waals surface area (Å²) in [4.78, 5) is 0. The molecule has 2 aliphatic rings. The lowest BCUT2D eigenvalue weighted by molar-refractivity contribution is 0.420. The first kappa shape index (κ1) is 18.3. The van der Waals surface area contributed by atoms with Crippen molar-refractivity contribution in [2.75, 3.05) is 0 Å². The summed E-state index contributed by atoms with van der Waals surface area (Å²) >= 11 is 0. The van der Waals surface area contributed by atoms with Crippen molar-refractivity contribution in [1.82, 2.24) is 0 Å². The van der Waals surface area contributed by atoms with Crippen LogP contribution < -0.4 is 0 Å². The van der Waals surface area contributed by atoms with Crippen LogP contribution in [0.25, 0.3) is 5.76 Å². The van der Waals surface area contributed by atoms with Crippen LogP contribution in [0.2, 0.25) is 0 Å². The molecule has 4 rings (SSSR count). The molecule has 0 amide bonds. The topological polar surface area (TPSA) is 20.2 Å². The quantitative estimate of drug-likeness (QED) is 0.588. The van der Waals surface area contributed by atoms with Crippen molar-refractivity contribution < 1.29 is 5.11 Å². The molecule has 1 heteroatoms. The van der Waals surface area contributed by atoms with E-state index in [0.717, 1.165) is 11.5 Å². The van der Waals surface area contributed by atoms with Gasteiger partial charge in [-0.25, -0.2) is 0 Å². The van der Waals surface area contributed by atoms with E-state index in [1.165, 1.54) is 56.1 Å². The van der Waals surface area contributed by atoms with E-state index in [4.69, 9.17) is 5.11 Å². The Bertz CT molecular complexity index is 586. The minimum Gasteiger partial charge on any atom is -0.508 e. The summed E-state index contributed by atoms with van der Waals surface area (Å²) in [5.41, 5.74) is 3.50. The average Bonchev–Trinajstić information content (AvgIpc) is 2.46. The van der Waals surface area contributed by atoms with E-state index in [2.05, 4.69) is 36.9 Å². The molecule has 0 heterocycles. The van der Waals surface area contributed by atoms with E-state index in [1.807, 2.05) is 31.2 Å². The van der Waals surface area contributed by atoms with Gasteiger partial charge >= 0.3 is 0 Å². The van der Waals surface area contributed by atoms with Gasteiger partial charge in [-0.3, -0.25) is 0 Å². The second-order valence-corrected chi connectivity index (χ2v) is 6.77. The highest BCUT2D eigenvalue weighted by Crippen LogP contribution is 2.35. The fourth-order valence-corrected chi connectivity index (χ4v) is 2.46. The minimum absolute atomic E-state index is 0.125. The number of aliphatic hydroxyl groups excluding tert-OH is 1. The number of benzene rings is 2. The summed E-state index contributed by atoms with van der Waals surface area (Å²) in [5.74, 6) is 1.02. The Morgan fingerprint density at radius 2 is 1.38 bits per heavy atom. The molecule has 24 heavy (non-hydrogen) atoms. The van der Waals surface area contributed by atoms with Crippen LogP contribution in [0, 0.1) is 6.92 Å². The van der Waals surface area contributed by atoms with Crippen LogP contribution in [-0.4, -0.2) is 5.11 Å². The normalized spacial score (nSPS) is 15.5. The second-order valence-electron chi connectivity index (χ2n) is 6.77. The highest BCUT2D eigenvalue weighted by molar-refractivity contribution is 5.55. The molecule has 0 unspecified atom stereocenters. The van der Waals surface area contributed by atoms with Crippen molar-refractivity contribution in [3.8, 4) is 0 Å². The minimum atomic E-state index is 0.125. The zero-order valence-electron chi connectivity index (χ0n) is 14.9. The van der Waals surface area contributed by atoms with Crippen LogP contribution in [0.15, 0.2) is 61.2 Å². The van der Waals surface area contributed by atoms with Gasteiger partial charge in [0.25, 0.3) is 0 Å². The maximum atomic E-state index is 8.92. The third-order valence-corrected chi connectivity index (χ3v) is 4.76. The van der Waals surface area contributed by atoms with E-state index in [0.29, 0.717) is 0 Å². The van der Waals surface area contributed by atoms with E-state index in [-0.39, 0.29) is 5.76 Å². The predicted octanol–water partition coefficient (Wildman–Crippen LogP) is 7.04. The van der Waals surface area contributed by atoms with E-state index in [9.17, 15) is 0 Å². The molecule has 0 bridgehead atoms. The molecule has 128 valence electrons. The van der Waals surface area contributed by atoms with Crippen LogP contribution in [0.5, 0.6) is 0 Å². The maximum absolute atomic E-state index is 8.92. The van der Waals surface area contributed by atoms with Crippen LogP contribution in [0.4, 0.5) is 0 Å². The van der Waals surface area contributed by atoms with Gasteiger partial charge < -0.3 is 5.11 Å². The van der Waals surface area contributed by atoms with Gasteiger partial charge in [0, 0.05) is 5.56 Å². The summed E-state index contributed by atoms with van der Waals surface area (Å²) in [6.45, 7) is 5.41. The zero-order chi connectivity index (χ0) is 17.2. The molecular formula is C23H30O. The van der Waals surface area contributed by atoms with Crippen LogP contribution in [0.3, 0.4) is 0 Å². The van der Waals surface area contributed by atoms with Gasteiger partial charge in [0.05, 0.1) is 0 Å². The summed E-state index contributed by atoms with van der Waals surface area (Å²) < 4.78 is 0. The molecule has 0 radical (unpaired) electrons. The van der Waals surface area contributed by atoms with E-state index >= 15 is 0 Å². The van der Waals surface area contributed by atoms with Crippen LogP contribution in [-0.2, 0) is 0 Å². The fourth-order valence-electron chi connectivity index (χ4n) is 2.46. The van der Waals surface area contributed by atoms with Crippen molar-refractivity contribution >= 4 is 5.76 Å². The standard InChI is InChI=1S/C10H12.C9H10O.C4H8/c1-2-5-9(6-3-1)10-7-4-8-10;1-7-3-5-9(6-4-7)8(2)10;1-2-4-3-1/h1-3,5-6,10H,4,7-8H2;3-6,10H,2H2,1H3;1-4H2. The van der Waals surface area contributed by atoms with Gasteiger partial charge in [-0.1, -0.05) is 98.8 Å². The lowest BCUT2D eigenvalue weighted by Gasteiger charge is -2.25. The molecule has 0 aromatic heterocycles. The molecule has 2 aromatic carbocycles. The molecule has 0 aliphatic heterocycles. The number of aryl methyl sites for hydroxylation is 1. The Hall–Kier alpha value is -2.02. The number of rotatable bonds is 2. The lowest BCUT2D eigenvalue weighted by Crippen LogP contribution is -2.07. The van der Waals surface area contributed by atoms with Gasteiger partial charge in [0.2, 0.25) is 0 Å². The molecule has 2 saturated carbocycles. The van der Waals surface area contributed by atoms with Crippen molar-refractivity contribution in [2.24, 2.45) is 0 Å². The number of hydrogen-bond donors (Lipinski definition) is 1. The smallest absolute Gasteiger partial charge is 0.115 e. The average molecular weight is 322 g/mol. The molecule has 2 fully saturated rings. The highest BCUT2D eigenvalue weighted by atomic mass is 16.3. The van der Waals surface area contributed by atoms with E-state index in [1.54, 1.807) is 0 Å². The largest absolute Gasteiger partial charge is 0.508 e. The van der Waals surface area contributed by atoms with E-state index < -0.39 is 0 Å². The molecule has 1 nitrogen and oxygen atoms in total.